The van der Waals surface area contributed by atoms with Crippen LogP contribution in [0.3, 0.4) is 0 Å². The van der Waals surface area contributed by atoms with Crippen LogP contribution in [0.4, 0.5) is 0 Å². The molecule has 0 aliphatic rings. The quantitative estimate of drug-likeness (QED) is 0.859. The van der Waals surface area contributed by atoms with Crippen LogP contribution >= 0.6 is 0 Å². The van der Waals surface area contributed by atoms with Gasteiger partial charge in [-0.1, -0.05) is 38.5 Å². The van der Waals surface area contributed by atoms with E-state index >= 15 is 0 Å². The van der Waals surface area contributed by atoms with Crippen molar-refractivity contribution in [2.24, 2.45) is 5.92 Å². The molecule has 102 valence electrons. The minimum atomic E-state index is -3.51. The van der Waals surface area contributed by atoms with Crippen LogP contribution in [0, 0.1) is 5.92 Å². The Morgan fingerprint density at radius 3 is 2.50 bits per heavy atom. The third-order valence-electron chi connectivity index (χ3n) is 3.10. The maximum atomic E-state index is 12.4. The lowest BCUT2D eigenvalue weighted by Gasteiger charge is -2.21. The topological polar surface area (TPSA) is 57.6 Å². The van der Waals surface area contributed by atoms with Crippen LogP contribution in [0.25, 0.3) is 0 Å². The van der Waals surface area contributed by atoms with E-state index in [1.807, 2.05) is 13.8 Å². The van der Waals surface area contributed by atoms with Crippen LogP contribution < -0.4 is 0 Å². The van der Waals surface area contributed by atoms with Gasteiger partial charge in [-0.15, -0.1) is 0 Å². The van der Waals surface area contributed by atoms with Gasteiger partial charge in [0.2, 0.25) is 10.0 Å². The van der Waals surface area contributed by atoms with Gasteiger partial charge < -0.3 is 5.11 Å². The van der Waals surface area contributed by atoms with Gasteiger partial charge >= 0.3 is 0 Å². The van der Waals surface area contributed by atoms with Crippen molar-refractivity contribution in [1.82, 2.24) is 4.31 Å². The summed E-state index contributed by atoms with van der Waals surface area (Å²) in [6, 6.07) is 6.56. The Labute approximate surface area is 109 Å². The van der Waals surface area contributed by atoms with E-state index in [0.29, 0.717) is 18.0 Å². The number of hydrogen-bond acceptors (Lipinski definition) is 3. The van der Waals surface area contributed by atoms with Crippen LogP contribution in [0.15, 0.2) is 29.2 Å². The molecular weight excluding hydrogens is 250 g/mol. The molecule has 0 saturated carbocycles. The predicted molar refractivity (Wildman–Crippen MR) is 71.6 cm³/mol. The van der Waals surface area contributed by atoms with Crippen molar-refractivity contribution in [2.75, 3.05) is 13.6 Å². The molecule has 0 saturated heterocycles. The molecule has 0 heterocycles. The molecule has 1 aromatic rings. The van der Waals surface area contributed by atoms with Crippen molar-refractivity contribution in [3.05, 3.63) is 29.8 Å². The predicted octanol–water partition coefficient (Wildman–Crippen LogP) is 1.85. The summed E-state index contributed by atoms with van der Waals surface area (Å²) in [6.07, 6.45) is 0.932. The molecule has 0 spiro atoms. The molecule has 1 aromatic carbocycles. The molecule has 1 atom stereocenters. The lowest BCUT2D eigenvalue weighted by atomic mass is 10.1. The van der Waals surface area contributed by atoms with E-state index in [1.54, 1.807) is 25.2 Å². The van der Waals surface area contributed by atoms with Crippen LogP contribution in [0.5, 0.6) is 0 Å². The Kier molecular flexibility index (Phi) is 5.31. The third kappa shape index (κ3) is 3.31. The van der Waals surface area contributed by atoms with E-state index in [9.17, 15) is 13.5 Å². The van der Waals surface area contributed by atoms with Gasteiger partial charge in [-0.3, -0.25) is 0 Å². The first-order valence-corrected chi connectivity index (χ1v) is 7.52. The van der Waals surface area contributed by atoms with Crippen molar-refractivity contribution >= 4 is 10.0 Å². The van der Waals surface area contributed by atoms with Gasteiger partial charge in [-0.05, 0) is 17.5 Å². The van der Waals surface area contributed by atoms with Gasteiger partial charge in [0, 0.05) is 13.6 Å². The van der Waals surface area contributed by atoms with E-state index < -0.39 is 10.0 Å². The Bertz CT molecular complexity index is 485. The van der Waals surface area contributed by atoms with Crippen molar-refractivity contribution in [1.29, 1.82) is 0 Å². The van der Waals surface area contributed by atoms with Gasteiger partial charge in [0.05, 0.1) is 11.5 Å². The zero-order chi connectivity index (χ0) is 13.8. The molecule has 0 fully saturated rings. The Morgan fingerprint density at radius 1 is 1.33 bits per heavy atom. The average molecular weight is 271 g/mol. The van der Waals surface area contributed by atoms with Gasteiger partial charge in [0.25, 0.3) is 0 Å². The maximum absolute atomic E-state index is 12.4. The van der Waals surface area contributed by atoms with Crippen molar-refractivity contribution in [2.45, 2.75) is 31.8 Å². The highest BCUT2D eigenvalue weighted by molar-refractivity contribution is 7.89. The number of aliphatic hydroxyl groups excluding tert-OH is 1. The summed E-state index contributed by atoms with van der Waals surface area (Å²) in [5.41, 5.74) is 0.438. The summed E-state index contributed by atoms with van der Waals surface area (Å²) in [6.45, 7) is 4.27. The number of hydrogen-bond donors (Lipinski definition) is 1. The number of benzene rings is 1. The minimum Gasteiger partial charge on any atom is -0.392 e. The summed E-state index contributed by atoms with van der Waals surface area (Å²) in [4.78, 5) is 0.193. The summed E-state index contributed by atoms with van der Waals surface area (Å²) in [5.74, 6) is 0.311. The molecule has 0 aliphatic heterocycles. The summed E-state index contributed by atoms with van der Waals surface area (Å²) < 4.78 is 26.1. The smallest absolute Gasteiger partial charge is 0.243 e. The fourth-order valence-corrected chi connectivity index (χ4v) is 3.22. The van der Waals surface area contributed by atoms with E-state index in [0.717, 1.165) is 6.42 Å². The lowest BCUT2D eigenvalue weighted by Crippen LogP contribution is -2.31. The zero-order valence-corrected chi connectivity index (χ0v) is 11.9. The van der Waals surface area contributed by atoms with E-state index in [-0.39, 0.29) is 11.5 Å². The first-order chi connectivity index (χ1) is 8.43. The van der Waals surface area contributed by atoms with Crippen LogP contribution in [0.1, 0.15) is 25.8 Å². The molecule has 18 heavy (non-hydrogen) atoms. The Morgan fingerprint density at radius 2 is 1.94 bits per heavy atom. The molecule has 0 radical (unpaired) electrons. The first-order valence-electron chi connectivity index (χ1n) is 6.08. The van der Waals surface area contributed by atoms with E-state index in [4.69, 9.17) is 0 Å². The van der Waals surface area contributed by atoms with Gasteiger partial charge in [0.15, 0.2) is 0 Å². The molecule has 5 heteroatoms. The van der Waals surface area contributed by atoms with E-state index in [2.05, 4.69) is 0 Å². The molecule has 0 aromatic heterocycles. The Balaban J connectivity index is 3.05. The number of sulfonamides is 1. The molecule has 1 rings (SSSR count). The van der Waals surface area contributed by atoms with Crippen molar-refractivity contribution in [3.63, 3.8) is 0 Å². The molecule has 0 aliphatic carbocycles. The maximum Gasteiger partial charge on any atom is 0.243 e. The molecule has 4 nitrogen and oxygen atoms in total. The summed E-state index contributed by atoms with van der Waals surface area (Å²) >= 11 is 0. The SMILES string of the molecule is CCC(C)CN(C)S(=O)(=O)c1ccccc1CO. The standard InChI is InChI=1S/C13H21NO3S/c1-4-11(2)9-14(3)18(16,17)13-8-6-5-7-12(13)10-15/h5-8,11,15H,4,9-10H2,1-3H3. The zero-order valence-electron chi connectivity index (χ0n) is 11.1. The van der Waals surface area contributed by atoms with E-state index in [1.165, 1.54) is 10.4 Å². The second-order valence-corrected chi connectivity index (χ2v) is 6.58. The van der Waals surface area contributed by atoms with Gasteiger partial charge in [-0.25, -0.2) is 12.7 Å². The fraction of sp³-hybridized carbons (Fsp3) is 0.538. The highest BCUT2D eigenvalue weighted by atomic mass is 32.2. The van der Waals surface area contributed by atoms with Crippen LogP contribution in [-0.4, -0.2) is 31.4 Å². The van der Waals surface area contributed by atoms with Crippen LogP contribution in [0.2, 0.25) is 0 Å². The number of nitrogens with zero attached hydrogens (tertiary/aromatic N) is 1. The first kappa shape index (κ1) is 15.1. The normalized spacial score (nSPS) is 13.8. The second kappa shape index (κ2) is 6.31. The molecule has 1 N–H and O–H groups in total. The molecular formula is C13H21NO3S. The highest BCUT2D eigenvalue weighted by Gasteiger charge is 2.24. The van der Waals surface area contributed by atoms with Gasteiger partial charge in [0.1, 0.15) is 0 Å². The fourth-order valence-electron chi connectivity index (χ4n) is 1.72. The van der Waals surface area contributed by atoms with Gasteiger partial charge in [-0.2, -0.15) is 0 Å². The van der Waals surface area contributed by atoms with Crippen LogP contribution in [-0.2, 0) is 16.6 Å². The monoisotopic (exact) mass is 271 g/mol. The Hall–Kier alpha value is -0.910. The minimum absolute atomic E-state index is 0.193. The lowest BCUT2D eigenvalue weighted by molar-refractivity contribution is 0.278. The van der Waals surface area contributed by atoms with Crippen molar-refractivity contribution in [3.8, 4) is 0 Å². The second-order valence-electron chi connectivity index (χ2n) is 4.56. The third-order valence-corrected chi connectivity index (χ3v) is 5.02. The molecule has 0 amide bonds. The summed E-state index contributed by atoms with van der Waals surface area (Å²) in [7, 11) is -1.93. The number of rotatable bonds is 6. The number of aliphatic hydroxyl groups is 1. The average Bonchev–Trinajstić information content (AvgIpc) is 2.38. The molecule has 0 bridgehead atoms. The largest absolute Gasteiger partial charge is 0.392 e. The summed E-state index contributed by atoms with van der Waals surface area (Å²) in [5, 5.41) is 9.21. The highest BCUT2D eigenvalue weighted by Crippen LogP contribution is 2.20. The van der Waals surface area contributed by atoms with Crippen molar-refractivity contribution < 1.29 is 13.5 Å². The molecule has 1 unspecified atom stereocenters.